The lowest BCUT2D eigenvalue weighted by molar-refractivity contribution is -0.139. The Morgan fingerprint density at radius 2 is 1.81 bits per heavy atom. The number of aromatic nitrogens is 1. The first kappa shape index (κ1) is 18.4. The molecule has 6 heteroatoms. The molecule has 0 bridgehead atoms. The molecule has 1 aromatic rings. The molecule has 27 heavy (non-hydrogen) atoms. The zero-order valence-corrected chi connectivity index (χ0v) is 16.1. The highest BCUT2D eigenvalue weighted by molar-refractivity contribution is 5.84. The Balaban J connectivity index is 1.28. The predicted molar refractivity (Wildman–Crippen MR) is 103 cm³/mol. The van der Waals surface area contributed by atoms with Gasteiger partial charge >= 0.3 is 0 Å². The smallest absolute Gasteiger partial charge is 0.240 e. The summed E-state index contributed by atoms with van der Waals surface area (Å²) in [6, 6.07) is 3.91. The second-order valence-electron chi connectivity index (χ2n) is 8.12. The topological polar surface area (TPSA) is 56.8 Å². The van der Waals surface area contributed by atoms with Crippen LogP contribution in [-0.4, -0.2) is 70.3 Å². The van der Waals surface area contributed by atoms with Crippen molar-refractivity contribution in [3.8, 4) is 0 Å². The first-order valence-corrected chi connectivity index (χ1v) is 10.4. The van der Waals surface area contributed by atoms with Crippen LogP contribution in [0.5, 0.6) is 0 Å². The van der Waals surface area contributed by atoms with Crippen molar-refractivity contribution in [2.24, 2.45) is 5.92 Å². The molecule has 1 aromatic heterocycles. The van der Waals surface area contributed by atoms with Gasteiger partial charge in [-0.15, -0.1) is 0 Å². The van der Waals surface area contributed by atoms with Gasteiger partial charge in [0, 0.05) is 57.6 Å². The summed E-state index contributed by atoms with van der Waals surface area (Å²) in [4.78, 5) is 36.0. The molecule has 1 unspecified atom stereocenters. The van der Waals surface area contributed by atoms with E-state index in [1.54, 1.807) is 6.20 Å². The minimum Gasteiger partial charge on any atom is -0.340 e. The summed E-state index contributed by atoms with van der Waals surface area (Å²) < 4.78 is 0. The highest BCUT2D eigenvalue weighted by Gasteiger charge is 2.38. The number of hydrogen-bond acceptors (Lipinski definition) is 4. The molecule has 3 aliphatic rings. The molecular weight excluding hydrogens is 340 g/mol. The number of carbonyl (C=O) groups is 2. The maximum Gasteiger partial charge on any atom is 0.240 e. The predicted octanol–water partition coefficient (Wildman–Crippen LogP) is 1.91. The fourth-order valence-electron chi connectivity index (χ4n) is 4.79. The fourth-order valence-corrected chi connectivity index (χ4v) is 4.79. The van der Waals surface area contributed by atoms with Gasteiger partial charge in [-0.3, -0.25) is 19.5 Å². The zero-order chi connectivity index (χ0) is 18.6. The number of nitrogens with zero attached hydrogens (tertiary/aromatic N) is 4. The van der Waals surface area contributed by atoms with Gasteiger partial charge in [0.15, 0.2) is 0 Å². The van der Waals surface area contributed by atoms with E-state index in [2.05, 4.69) is 9.88 Å². The molecule has 0 spiro atoms. The molecule has 2 aliphatic heterocycles. The van der Waals surface area contributed by atoms with Crippen LogP contribution < -0.4 is 0 Å². The highest BCUT2D eigenvalue weighted by atomic mass is 16.2. The molecule has 4 rings (SSSR count). The summed E-state index contributed by atoms with van der Waals surface area (Å²) in [7, 11) is 0. The molecule has 146 valence electrons. The summed E-state index contributed by atoms with van der Waals surface area (Å²) >= 11 is 0. The third kappa shape index (κ3) is 4.15. The van der Waals surface area contributed by atoms with Gasteiger partial charge in [0.1, 0.15) is 0 Å². The number of amides is 2. The van der Waals surface area contributed by atoms with E-state index in [4.69, 9.17) is 0 Å². The largest absolute Gasteiger partial charge is 0.340 e. The standard InChI is InChI=1S/C21H30N4O2/c26-20(18-6-2-1-3-7-18)24-13-11-23(12-14-24)19-8-10-25(21(19)27)16-17-5-4-9-22-15-17/h4-5,9,15,18-19H,1-3,6-8,10-14,16H2. The van der Waals surface area contributed by atoms with Gasteiger partial charge in [-0.25, -0.2) is 0 Å². The van der Waals surface area contributed by atoms with E-state index in [-0.39, 0.29) is 17.9 Å². The van der Waals surface area contributed by atoms with Gasteiger partial charge in [-0.2, -0.15) is 0 Å². The van der Waals surface area contributed by atoms with Crippen molar-refractivity contribution >= 4 is 11.8 Å². The average Bonchev–Trinajstić information content (AvgIpc) is 3.09. The number of hydrogen-bond donors (Lipinski definition) is 0. The molecule has 0 aromatic carbocycles. The molecule has 0 radical (unpaired) electrons. The van der Waals surface area contributed by atoms with Crippen LogP contribution in [0.1, 0.15) is 44.1 Å². The first-order valence-electron chi connectivity index (χ1n) is 10.4. The van der Waals surface area contributed by atoms with Crippen LogP contribution in [-0.2, 0) is 16.1 Å². The van der Waals surface area contributed by atoms with Gasteiger partial charge in [0.25, 0.3) is 0 Å². The number of carbonyl (C=O) groups excluding carboxylic acids is 2. The van der Waals surface area contributed by atoms with Crippen LogP contribution in [0.2, 0.25) is 0 Å². The van der Waals surface area contributed by atoms with E-state index >= 15 is 0 Å². The molecule has 1 aliphatic carbocycles. The second kappa shape index (κ2) is 8.38. The SMILES string of the molecule is O=C(C1CCCCC1)N1CCN(C2CCN(Cc3cccnc3)C2=O)CC1. The molecule has 0 N–H and O–H groups in total. The van der Waals surface area contributed by atoms with Crippen molar-refractivity contribution in [2.45, 2.75) is 51.1 Å². The summed E-state index contributed by atoms with van der Waals surface area (Å²) in [6.07, 6.45) is 10.3. The van der Waals surface area contributed by atoms with Gasteiger partial charge < -0.3 is 9.80 Å². The highest BCUT2D eigenvalue weighted by Crippen LogP contribution is 2.27. The zero-order valence-electron chi connectivity index (χ0n) is 16.1. The van der Waals surface area contributed by atoms with Crippen LogP contribution in [0.25, 0.3) is 0 Å². The third-order valence-corrected chi connectivity index (χ3v) is 6.39. The molecule has 3 heterocycles. The minimum absolute atomic E-state index is 0.0198. The van der Waals surface area contributed by atoms with Crippen molar-refractivity contribution in [2.75, 3.05) is 32.7 Å². The van der Waals surface area contributed by atoms with Crippen LogP contribution in [0.3, 0.4) is 0 Å². The van der Waals surface area contributed by atoms with Crippen molar-refractivity contribution < 1.29 is 9.59 Å². The lowest BCUT2D eigenvalue weighted by Crippen LogP contribution is -2.54. The Bertz CT molecular complexity index is 651. The Labute approximate surface area is 161 Å². The van der Waals surface area contributed by atoms with Crippen molar-refractivity contribution in [3.05, 3.63) is 30.1 Å². The summed E-state index contributed by atoms with van der Waals surface area (Å²) in [6.45, 7) is 4.61. The minimum atomic E-state index is -0.0198. The van der Waals surface area contributed by atoms with Crippen LogP contribution in [0.4, 0.5) is 0 Å². The Kier molecular flexibility index (Phi) is 5.72. The quantitative estimate of drug-likeness (QED) is 0.812. The Morgan fingerprint density at radius 3 is 2.52 bits per heavy atom. The molecule has 1 saturated carbocycles. The summed E-state index contributed by atoms with van der Waals surface area (Å²) in [5.41, 5.74) is 1.08. The van der Waals surface area contributed by atoms with Gasteiger partial charge in [0.2, 0.25) is 11.8 Å². The van der Waals surface area contributed by atoms with Crippen molar-refractivity contribution in [3.63, 3.8) is 0 Å². The number of piperazine rings is 1. The fraction of sp³-hybridized carbons (Fsp3) is 0.667. The van der Waals surface area contributed by atoms with Crippen molar-refractivity contribution in [1.29, 1.82) is 0 Å². The average molecular weight is 370 g/mol. The van der Waals surface area contributed by atoms with Gasteiger partial charge in [-0.1, -0.05) is 25.3 Å². The van der Waals surface area contributed by atoms with Crippen molar-refractivity contribution in [1.82, 2.24) is 19.7 Å². The monoisotopic (exact) mass is 370 g/mol. The van der Waals surface area contributed by atoms with E-state index < -0.39 is 0 Å². The molecule has 6 nitrogen and oxygen atoms in total. The number of likely N-dealkylation sites (tertiary alicyclic amines) is 1. The van der Waals surface area contributed by atoms with Gasteiger partial charge in [0.05, 0.1) is 6.04 Å². The maximum atomic E-state index is 12.9. The normalized spacial score (nSPS) is 25.2. The molecule has 1 atom stereocenters. The maximum absolute atomic E-state index is 12.9. The van der Waals surface area contributed by atoms with E-state index in [1.807, 2.05) is 28.1 Å². The molecular formula is C21H30N4O2. The summed E-state index contributed by atoms with van der Waals surface area (Å²) in [5.74, 6) is 0.824. The van der Waals surface area contributed by atoms with Gasteiger partial charge in [-0.05, 0) is 30.9 Å². The first-order chi connectivity index (χ1) is 13.2. The van der Waals surface area contributed by atoms with E-state index in [0.717, 1.165) is 57.5 Å². The lowest BCUT2D eigenvalue weighted by Gasteiger charge is -2.39. The Morgan fingerprint density at radius 1 is 1.04 bits per heavy atom. The third-order valence-electron chi connectivity index (χ3n) is 6.39. The molecule has 2 amide bonds. The van der Waals surface area contributed by atoms with E-state index in [9.17, 15) is 9.59 Å². The molecule has 2 saturated heterocycles. The van der Waals surface area contributed by atoms with E-state index in [0.29, 0.717) is 12.5 Å². The Hall–Kier alpha value is -1.95. The summed E-state index contributed by atoms with van der Waals surface area (Å²) in [5, 5.41) is 0. The lowest BCUT2D eigenvalue weighted by atomic mass is 9.88. The number of pyridine rings is 1. The number of rotatable bonds is 4. The van der Waals surface area contributed by atoms with Crippen LogP contribution >= 0.6 is 0 Å². The van der Waals surface area contributed by atoms with Crippen LogP contribution in [0, 0.1) is 5.92 Å². The van der Waals surface area contributed by atoms with Crippen LogP contribution in [0.15, 0.2) is 24.5 Å². The molecule has 3 fully saturated rings. The van der Waals surface area contributed by atoms with E-state index in [1.165, 1.54) is 19.3 Å². The second-order valence-corrected chi connectivity index (χ2v) is 8.12.